The molecule has 1 aliphatic heterocycles. The molecule has 5 nitrogen and oxygen atoms in total. The molecule has 1 saturated heterocycles. The molecule has 2 aromatic carbocycles. The van der Waals surface area contributed by atoms with Crippen LogP contribution in [-0.2, 0) is 5.54 Å². The van der Waals surface area contributed by atoms with Gasteiger partial charge in [-0.25, -0.2) is 4.79 Å². The van der Waals surface area contributed by atoms with Crippen molar-refractivity contribution in [1.82, 2.24) is 10.2 Å². The number of urea groups is 1. The lowest BCUT2D eigenvalue weighted by Gasteiger charge is -2.38. The fourth-order valence-electron chi connectivity index (χ4n) is 3.33. The highest BCUT2D eigenvalue weighted by Crippen LogP contribution is 2.28. The Hall–Kier alpha value is -2.40. The molecular weight excluding hydrogens is 362 g/mol. The van der Waals surface area contributed by atoms with Crippen molar-refractivity contribution in [3.8, 4) is 5.75 Å². The van der Waals surface area contributed by atoms with E-state index in [0.29, 0.717) is 18.1 Å². The number of carbonyl (C=O) groups is 1. The Morgan fingerprint density at radius 1 is 1.04 bits per heavy atom. The number of nitrogens with zero attached hydrogens (tertiary/aromatic N) is 2. The Balaban J connectivity index is 1.60. The first-order valence-corrected chi connectivity index (χ1v) is 9.49. The van der Waals surface area contributed by atoms with Crippen LogP contribution in [0, 0.1) is 0 Å². The number of rotatable bonds is 4. The lowest BCUT2D eigenvalue weighted by Crippen LogP contribution is -2.55. The number of hydrogen-bond acceptors (Lipinski definition) is 3. The van der Waals surface area contributed by atoms with E-state index in [2.05, 4.69) is 16.3 Å². The van der Waals surface area contributed by atoms with Gasteiger partial charge in [-0.3, -0.25) is 0 Å². The molecule has 2 amide bonds. The molecule has 2 aromatic rings. The van der Waals surface area contributed by atoms with Gasteiger partial charge in [0.2, 0.25) is 0 Å². The second-order valence-electron chi connectivity index (χ2n) is 7.21. The summed E-state index contributed by atoms with van der Waals surface area (Å²) >= 11 is 5.97. The third-order valence-electron chi connectivity index (χ3n) is 4.98. The third-order valence-corrected chi connectivity index (χ3v) is 5.23. The predicted octanol–water partition coefficient (Wildman–Crippen LogP) is 4.12. The molecule has 3 rings (SSSR count). The summed E-state index contributed by atoms with van der Waals surface area (Å²) in [6.07, 6.45) is 0. The van der Waals surface area contributed by atoms with Gasteiger partial charge < -0.3 is 19.9 Å². The van der Waals surface area contributed by atoms with Gasteiger partial charge in [0.25, 0.3) is 0 Å². The summed E-state index contributed by atoms with van der Waals surface area (Å²) in [5.74, 6) is 0.860. The number of piperazine rings is 1. The Morgan fingerprint density at radius 3 is 2.30 bits per heavy atom. The molecule has 0 radical (unpaired) electrons. The van der Waals surface area contributed by atoms with Gasteiger partial charge in [-0.2, -0.15) is 0 Å². The summed E-state index contributed by atoms with van der Waals surface area (Å²) in [4.78, 5) is 16.9. The Kier molecular flexibility index (Phi) is 5.80. The van der Waals surface area contributed by atoms with E-state index in [1.54, 1.807) is 7.11 Å². The number of benzene rings is 2. The van der Waals surface area contributed by atoms with Crippen molar-refractivity contribution in [1.29, 1.82) is 0 Å². The van der Waals surface area contributed by atoms with Gasteiger partial charge in [0.15, 0.2) is 0 Å². The van der Waals surface area contributed by atoms with Crippen molar-refractivity contribution < 1.29 is 9.53 Å². The molecule has 1 N–H and O–H groups in total. The molecule has 0 atom stereocenters. The average Bonchev–Trinajstić information content (AvgIpc) is 2.68. The number of nitrogens with one attached hydrogen (secondary N) is 1. The molecule has 144 valence electrons. The molecule has 0 aromatic heterocycles. The first-order valence-electron chi connectivity index (χ1n) is 9.12. The molecule has 0 unspecified atom stereocenters. The smallest absolute Gasteiger partial charge is 0.318 e. The number of hydrogen-bond donors (Lipinski definition) is 1. The number of anilines is 1. The van der Waals surface area contributed by atoms with Crippen molar-refractivity contribution in [2.75, 3.05) is 38.2 Å². The number of para-hydroxylation sites is 2. The summed E-state index contributed by atoms with van der Waals surface area (Å²) in [7, 11) is 1.68. The van der Waals surface area contributed by atoms with Crippen LogP contribution < -0.4 is 15.0 Å². The summed E-state index contributed by atoms with van der Waals surface area (Å²) in [5, 5.41) is 3.83. The molecule has 1 heterocycles. The van der Waals surface area contributed by atoms with E-state index in [1.807, 2.05) is 61.2 Å². The van der Waals surface area contributed by atoms with Crippen LogP contribution in [0.3, 0.4) is 0 Å². The highest BCUT2D eigenvalue weighted by molar-refractivity contribution is 6.30. The van der Waals surface area contributed by atoms with Gasteiger partial charge in [-0.05, 0) is 43.7 Å². The summed E-state index contributed by atoms with van der Waals surface area (Å²) < 4.78 is 5.45. The molecule has 0 bridgehead atoms. The van der Waals surface area contributed by atoms with Gasteiger partial charge in [0.05, 0.1) is 18.3 Å². The summed E-state index contributed by atoms with van der Waals surface area (Å²) in [6.45, 7) is 6.88. The van der Waals surface area contributed by atoms with Gasteiger partial charge >= 0.3 is 6.03 Å². The summed E-state index contributed by atoms with van der Waals surface area (Å²) in [5.41, 5.74) is 1.62. The average molecular weight is 388 g/mol. The van der Waals surface area contributed by atoms with Crippen molar-refractivity contribution >= 4 is 23.3 Å². The molecule has 27 heavy (non-hydrogen) atoms. The lowest BCUT2D eigenvalue weighted by atomic mass is 9.94. The zero-order valence-electron chi connectivity index (χ0n) is 16.0. The molecule has 6 heteroatoms. The fraction of sp³-hybridized carbons (Fsp3) is 0.381. The van der Waals surface area contributed by atoms with Gasteiger partial charge in [0, 0.05) is 31.2 Å². The van der Waals surface area contributed by atoms with Gasteiger partial charge in [0.1, 0.15) is 5.75 Å². The van der Waals surface area contributed by atoms with Crippen molar-refractivity contribution in [3.63, 3.8) is 0 Å². The number of ether oxygens (including phenoxy) is 1. The van der Waals surface area contributed by atoms with Crippen molar-refractivity contribution in [2.24, 2.45) is 0 Å². The van der Waals surface area contributed by atoms with Crippen LogP contribution in [-0.4, -0.2) is 44.2 Å². The number of amides is 2. The van der Waals surface area contributed by atoms with Crippen molar-refractivity contribution in [3.05, 3.63) is 59.1 Å². The normalized spacial score (nSPS) is 14.8. The molecule has 1 aliphatic rings. The van der Waals surface area contributed by atoms with Crippen LogP contribution in [0.1, 0.15) is 19.4 Å². The topological polar surface area (TPSA) is 44.8 Å². The number of halogens is 1. The van der Waals surface area contributed by atoms with Crippen LogP contribution in [0.5, 0.6) is 5.75 Å². The van der Waals surface area contributed by atoms with E-state index < -0.39 is 5.54 Å². The lowest BCUT2D eigenvalue weighted by molar-refractivity contribution is 0.183. The number of methoxy groups -OCH3 is 1. The van der Waals surface area contributed by atoms with E-state index in [1.165, 1.54) is 0 Å². The molecule has 0 spiro atoms. The van der Waals surface area contributed by atoms with Gasteiger partial charge in [-0.15, -0.1) is 0 Å². The maximum absolute atomic E-state index is 12.8. The largest absolute Gasteiger partial charge is 0.495 e. The maximum Gasteiger partial charge on any atom is 0.318 e. The van der Waals surface area contributed by atoms with E-state index in [9.17, 15) is 4.79 Å². The van der Waals surface area contributed by atoms with Crippen LogP contribution >= 0.6 is 11.6 Å². The molecule has 1 fully saturated rings. The van der Waals surface area contributed by atoms with Crippen LogP contribution in [0.15, 0.2) is 48.5 Å². The van der Waals surface area contributed by atoms with E-state index in [4.69, 9.17) is 16.3 Å². The van der Waals surface area contributed by atoms with E-state index in [0.717, 1.165) is 30.1 Å². The van der Waals surface area contributed by atoms with Crippen molar-refractivity contribution in [2.45, 2.75) is 19.4 Å². The first kappa shape index (κ1) is 19.4. The molecular formula is C21H26ClN3O2. The minimum Gasteiger partial charge on any atom is -0.495 e. The maximum atomic E-state index is 12.8. The second-order valence-corrected chi connectivity index (χ2v) is 7.64. The molecule has 0 aliphatic carbocycles. The van der Waals surface area contributed by atoms with Crippen LogP contribution in [0.2, 0.25) is 5.02 Å². The van der Waals surface area contributed by atoms with Gasteiger partial charge in [-0.1, -0.05) is 35.9 Å². The SMILES string of the molecule is COc1ccccc1N1CCN(C(=O)NC(C)(C)c2ccc(Cl)cc2)CC1. The minimum absolute atomic E-state index is 0.0466. The standard InChI is InChI=1S/C21H26ClN3O2/c1-21(2,16-8-10-17(22)11-9-16)23-20(26)25-14-12-24(13-15-25)18-6-4-5-7-19(18)27-3/h4-11H,12-15H2,1-3H3,(H,23,26). The highest BCUT2D eigenvalue weighted by atomic mass is 35.5. The Bertz CT molecular complexity index is 784. The zero-order chi connectivity index (χ0) is 19.4. The fourth-order valence-corrected chi connectivity index (χ4v) is 3.45. The Morgan fingerprint density at radius 2 is 1.67 bits per heavy atom. The Labute approximate surface area is 165 Å². The first-order chi connectivity index (χ1) is 12.9. The van der Waals surface area contributed by atoms with Crippen LogP contribution in [0.4, 0.5) is 10.5 Å². The monoisotopic (exact) mass is 387 g/mol. The van der Waals surface area contributed by atoms with E-state index in [-0.39, 0.29) is 6.03 Å². The third kappa shape index (κ3) is 4.48. The second kappa shape index (κ2) is 8.09. The zero-order valence-corrected chi connectivity index (χ0v) is 16.8. The summed E-state index contributed by atoms with van der Waals surface area (Å²) in [6, 6.07) is 15.5. The predicted molar refractivity (Wildman–Crippen MR) is 110 cm³/mol. The quantitative estimate of drug-likeness (QED) is 0.858. The van der Waals surface area contributed by atoms with Crippen LogP contribution in [0.25, 0.3) is 0 Å². The molecule has 0 saturated carbocycles. The van der Waals surface area contributed by atoms with E-state index >= 15 is 0 Å². The minimum atomic E-state index is -0.471. The number of carbonyl (C=O) groups excluding carboxylic acids is 1. The highest BCUT2D eigenvalue weighted by Gasteiger charge is 2.28.